The van der Waals surface area contributed by atoms with Gasteiger partial charge in [0, 0.05) is 24.2 Å². The maximum atomic E-state index is 12.5. The first-order valence-corrected chi connectivity index (χ1v) is 7.69. The molecule has 2 aromatic carbocycles. The summed E-state index contributed by atoms with van der Waals surface area (Å²) in [5.41, 5.74) is 3.67. The van der Waals surface area contributed by atoms with Crippen molar-refractivity contribution >= 4 is 16.8 Å². The zero-order valence-electron chi connectivity index (χ0n) is 14.0. The average Bonchev–Trinajstić information content (AvgIpc) is 3.02. The van der Waals surface area contributed by atoms with Crippen molar-refractivity contribution in [1.82, 2.24) is 10.3 Å². The van der Waals surface area contributed by atoms with E-state index in [-0.39, 0.29) is 5.91 Å². The summed E-state index contributed by atoms with van der Waals surface area (Å²) in [5.74, 6) is 1.09. The summed E-state index contributed by atoms with van der Waals surface area (Å²) >= 11 is 0. The monoisotopic (exact) mass is 324 g/mol. The molecule has 0 aliphatic carbocycles. The molecule has 0 spiro atoms. The molecule has 0 radical (unpaired) electrons. The Labute approximate surface area is 140 Å². The fourth-order valence-electron chi connectivity index (χ4n) is 2.62. The molecular weight excluding hydrogens is 304 g/mol. The number of hydrogen-bond acceptors (Lipinski definition) is 3. The average molecular weight is 324 g/mol. The topological polar surface area (TPSA) is 63.4 Å². The maximum Gasteiger partial charge on any atom is 0.253 e. The number of ether oxygens (including phenoxy) is 2. The largest absolute Gasteiger partial charge is 0.493 e. The van der Waals surface area contributed by atoms with Crippen LogP contribution in [0.1, 0.15) is 21.5 Å². The van der Waals surface area contributed by atoms with E-state index >= 15 is 0 Å². The number of hydrogen-bond donors (Lipinski definition) is 2. The van der Waals surface area contributed by atoms with Crippen LogP contribution in [-0.4, -0.2) is 25.1 Å². The molecule has 3 aromatic rings. The Morgan fingerprint density at radius 2 is 1.75 bits per heavy atom. The molecule has 0 saturated carbocycles. The predicted molar refractivity (Wildman–Crippen MR) is 93.8 cm³/mol. The van der Waals surface area contributed by atoms with Crippen molar-refractivity contribution in [2.75, 3.05) is 14.2 Å². The summed E-state index contributed by atoms with van der Waals surface area (Å²) in [6.45, 7) is 2.52. The Morgan fingerprint density at radius 3 is 2.42 bits per heavy atom. The lowest BCUT2D eigenvalue weighted by atomic mass is 10.1. The Morgan fingerprint density at radius 1 is 1.08 bits per heavy atom. The van der Waals surface area contributed by atoms with Gasteiger partial charge >= 0.3 is 0 Å². The fourth-order valence-corrected chi connectivity index (χ4v) is 2.62. The van der Waals surface area contributed by atoms with Gasteiger partial charge in [0.2, 0.25) is 0 Å². The number of aryl methyl sites for hydroxylation is 1. The molecule has 0 aliphatic rings. The van der Waals surface area contributed by atoms with E-state index in [9.17, 15) is 4.79 Å². The summed E-state index contributed by atoms with van der Waals surface area (Å²) in [4.78, 5) is 15.6. The van der Waals surface area contributed by atoms with Gasteiger partial charge in [-0.3, -0.25) is 4.79 Å². The van der Waals surface area contributed by atoms with E-state index in [1.165, 1.54) is 5.56 Å². The van der Waals surface area contributed by atoms with Crippen molar-refractivity contribution in [2.24, 2.45) is 0 Å². The van der Waals surface area contributed by atoms with Gasteiger partial charge in [-0.2, -0.15) is 0 Å². The maximum absolute atomic E-state index is 12.5. The number of carbonyl (C=O) groups is 1. The Kier molecular flexibility index (Phi) is 4.42. The van der Waals surface area contributed by atoms with Crippen molar-refractivity contribution in [3.8, 4) is 11.5 Å². The van der Waals surface area contributed by atoms with E-state index in [1.54, 1.807) is 20.4 Å². The van der Waals surface area contributed by atoms with E-state index in [2.05, 4.69) is 10.3 Å². The predicted octanol–water partition coefficient (Wildman–Crippen LogP) is 3.42. The Balaban J connectivity index is 1.83. The van der Waals surface area contributed by atoms with E-state index in [0.717, 1.165) is 16.5 Å². The molecule has 5 nitrogen and oxygen atoms in total. The van der Waals surface area contributed by atoms with Gasteiger partial charge < -0.3 is 19.8 Å². The second kappa shape index (κ2) is 6.66. The number of carbonyl (C=O) groups excluding carboxylic acids is 1. The third kappa shape index (κ3) is 3.06. The number of H-pyrrole nitrogens is 1. The first-order chi connectivity index (χ1) is 11.6. The van der Waals surface area contributed by atoms with Crippen molar-refractivity contribution in [2.45, 2.75) is 13.5 Å². The number of nitrogens with one attached hydrogen (secondary N) is 2. The molecule has 24 heavy (non-hydrogen) atoms. The van der Waals surface area contributed by atoms with E-state index in [4.69, 9.17) is 9.47 Å². The molecule has 0 bridgehead atoms. The standard InChI is InChI=1S/C19H20N2O3/c1-12-4-6-13(7-5-12)10-21-19(22)15-11-20-16-9-18(24-3)17(23-2)8-14(15)16/h4-9,11,20H,10H2,1-3H3,(H,21,22). The third-order valence-electron chi connectivity index (χ3n) is 4.00. The van der Waals surface area contributed by atoms with E-state index < -0.39 is 0 Å². The first kappa shape index (κ1) is 15.9. The quantitative estimate of drug-likeness (QED) is 0.756. The molecule has 0 aliphatic heterocycles. The summed E-state index contributed by atoms with van der Waals surface area (Å²) < 4.78 is 10.6. The van der Waals surface area contributed by atoms with Crippen molar-refractivity contribution in [1.29, 1.82) is 0 Å². The highest BCUT2D eigenvalue weighted by molar-refractivity contribution is 6.07. The number of benzene rings is 2. The van der Waals surface area contributed by atoms with E-state index in [1.807, 2.05) is 43.3 Å². The lowest BCUT2D eigenvalue weighted by molar-refractivity contribution is 0.0952. The number of amides is 1. The zero-order valence-corrected chi connectivity index (χ0v) is 14.0. The first-order valence-electron chi connectivity index (χ1n) is 7.69. The fraction of sp³-hybridized carbons (Fsp3) is 0.211. The molecule has 3 rings (SSSR count). The van der Waals surface area contributed by atoms with Crippen molar-refractivity contribution < 1.29 is 14.3 Å². The molecular formula is C19H20N2O3. The second-order valence-corrected chi connectivity index (χ2v) is 5.62. The SMILES string of the molecule is COc1cc2[nH]cc(C(=O)NCc3ccc(C)cc3)c2cc1OC. The summed E-state index contributed by atoms with van der Waals surface area (Å²) in [6, 6.07) is 11.7. The summed E-state index contributed by atoms with van der Waals surface area (Å²) in [6.07, 6.45) is 1.70. The summed E-state index contributed by atoms with van der Waals surface area (Å²) in [5, 5.41) is 3.75. The second-order valence-electron chi connectivity index (χ2n) is 5.62. The minimum Gasteiger partial charge on any atom is -0.493 e. The highest BCUT2D eigenvalue weighted by Crippen LogP contribution is 2.33. The minimum atomic E-state index is -0.131. The van der Waals surface area contributed by atoms with Gasteiger partial charge in [0.25, 0.3) is 5.91 Å². The van der Waals surface area contributed by atoms with Crippen LogP contribution in [0.4, 0.5) is 0 Å². The zero-order chi connectivity index (χ0) is 17.1. The molecule has 2 N–H and O–H groups in total. The number of aromatic amines is 1. The van der Waals surface area contributed by atoms with Crippen LogP contribution < -0.4 is 14.8 Å². The van der Waals surface area contributed by atoms with Crippen LogP contribution in [0.5, 0.6) is 11.5 Å². The van der Waals surface area contributed by atoms with Gasteiger partial charge in [-0.25, -0.2) is 0 Å². The van der Waals surface area contributed by atoms with Crippen molar-refractivity contribution in [3.63, 3.8) is 0 Å². The van der Waals surface area contributed by atoms with Crippen LogP contribution in [0.2, 0.25) is 0 Å². The van der Waals surface area contributed by atoms with Crippen LogP contribution in [0.3, 0.4) is 0 Å². The number of methoxy groups -OCH3 is 2. The Bertz CT molecular complexity index is 866. The molecule has 1 aromatic heterocycles. The summed E-state index contributed by atoms with van der Waals surface area (Å²) in [7, 11) is 3.16. The molecule has 0 unspecified atom stereocenters. The normalized spacial score (nSPS) is 10.6. The number of aromatic nitrogens is 1. The smallest absolute Gasteiger partial charge is 0.253 e. The molecule has 5 heteroatoms. The van der Waals surface area contributed by atoms with Gasteiger partial charge in [0.1, 0.15) is 0 Å². The molecule has 124 valence electrons. The van der Waals surface area contributed by atoms with E-state index in [0.29, 0.717) is 23.6 Å². The molecule has 1 heterocycles. The minimum absolute atomic E-state index is 0.131. The Hall–Kier alpha value is -2.95. The van der Waals surface area contributed by atoms with Gasteiger partial charge in [0.15, 0.2) is 11.5 Å². The lowest BCUT2D eigenvalue weighted by Gasteiger charge is -2.08. The van der Waals surface area contributed by atoms with Crippen LogP contribution in [-0.2, 0) is 6.54 Å². The van der Waals surface area contributed by atoms with Gasteiger partial charge in [-0.1, -0.05) is 29.8 Å². The third-order valence-corrected chi connectivity index (χ3v) is 4.00. The van der Waals surface area contributed by atoms with Crippen LogP contribution in [0.25, 0.3) is 10.9 Å². The number of fused-ring (bicyclic) bond motifs is 1. The van der Waals surface area contributed by atoms with Crippen LogP contribution in [0.15, 0.2) is 42.6 Å². The highest BCUT2D eigenvalue weighted by Gasteiger charge is 2.15. The van der Waals surface area contributed by atoms with Crippen LogP contribution >= 0.6 is 0 Å². The molecule has 0 saturated heterocycles. The van der Waals surface area contributed by atoms with Gasteiger partial charge in [0.05, 0.1) is 25.3 Å². The van der Waals surface area contributed by atoms with Crippen LogP contribution in [0, 0.1) is 6.92 Å². The van der Waals surface area contributed by atoms with Gasteiger partial charge in [-0.15, -0.1) is 0 Å². The van der Waals surface area contributed by atoms with Gasteiger partial charge in [-0.05, 0) is 18.6 Å². The molecule has 1 amide bonds. The number of rotatable bonds is 5. The lowest BCUT2D eigenvalue weighted by Crippen LogP contribution is -2.22. The van der Waals surface area contributed by atoms with Crippen molar-refractivity contribution in [3.05, 3.63) is 59.3 Å². The molecule has 0 atom stereocenters. The highest BCUT2D eigenvalue weighted by atomic mass is 16.5. The molecule has 0 fully saturated rings.